The van der Waals surface area contributed by atoms with Crippen molar-refractivity contribution in [2.45, 2.75) is 33.2 Å². The quantitative estimate of drug-likeness (QED) is 0.464. The average Bonchev–Trinajstić information content (AvgIpc) is 2.69. The third kappa shape index (κ3) is 4.08. The molecule has 7 heteroatoms. The van der Waals surface area contributed by atoms with Gasteiger partial charge >= 0.3 is 0 Å². The van der Waals surface area contributed by atoms with Gasteiger partial charge in [0.1, 0.15) is 0 Å². The topological polar surface area (TPSA) is 91.1 Å². The first-order valence-electron chi connectivity index (χ1n) is 5.68. The molecule has 0 radical (unpaired) electrons. The van der Waals surface area contributed by atoms with Crippen LogP contribution in [0, 0.1) is 10.1 Å². The molecule has 1 saturated heterocycles. The number of nitro groups is 1. The minimum Gasteiger partial charge on any atom is -0.454 e. The summed E-state index contributed by atoms with van der Waals surface area (Å²) >= 11 is 0. The monoisotopic (exact) mass is 271 g/mol. The van der Waals surface area contributed by atoms with E-state index in [1.807, 2.05) is 0 Å². The van der Waals surface area contributed by atoms with E-state index >= 15 is 0 Å². The SMILES string of the molecule is C=C1OCO/C1=C/C(=C(\C)[N+](=O)[O-])C(C)OC(C)O. The van der Waals surface area contributed by atoms with Gasteiger partial charge in [0.15, 0.2) is 17.8 Å². The van der Waals surface area contributed by atoms with Gasteiger partial charge in [0.2, 0.25) is 12.5 Å². The minimum atomic E-state index is -1.04. The van der Waals surface area contributed by atoms with E-state index in [0.717, 1.165) is 0 Å². The van der Waals surface area contributed by atoms with E-state index in [-0.39, 0.29) is 18.1 Å². The van der Waals surface area contributed by atoms with E-state index in [2.05, 4.69) is 6.58 Å². The number of ether oxygens (including phenoxy) is 3. The molecule has 0 amide bonds. The van der Waals surface area contributed by atoms with Crippen molar-refractivity contribution in [2.75, 3.05) is 6.79 Å². The number of hydrogen-bond donors (Lipinski definition) is 1. The van der Waals surface area contributed by atoms with Gasteiger partial charge in [-0.1, -0.05) is 6.58 Å². The Morgan fingerprint density at radius 1 is 1.58 bits per heavy atom. The molecule has 0 aromatic carbocycles. The van der Waals surface area contributed by atoms with Crippen LogP contribution in [0.1, 0.15) is 20.8 Å². The van der Waals surface area contributed by atoms with E-state index in [9.17, 15) is 15.2 Å². The molecule has 1 fully saturated rings. The highest BCUT2D eigenvalue weighted by Gasteiger charge is 2.23. The summed E-state index contributed by atoms with van der Waals surface area (Å²) < 4.78 is 15.3. The van der Waals surface area contributed by atoms with Gasteiger partial charge < -0.3 is 19.3 Å². The van der Waals surface area contributed by atoms with Crippen molar-refractivity contribution in [2.24, 2.45) is 0 Å². The summed E-state index contributed by atoms with van der Waals surface area (Å²) in [5, 5.41) is 20.1. The van der Waals surface area contributed by atoms with Crippen LogP contribution in [0.25, 0.3) is 0 Å². The summed E-state index contributed by atoms with van der Waals surface area (Å²) in [5.74, 6) is 0.620. The zero-order valence-corrected chi connectivity index (χ0v) is 11.1. The van der Waals surface area contributed by atoms with Crippen LogP contribution in [0.4, 0.5) is 0 Å². The largest absolute Gasteiger partial charge is 0.454 e. The predicted molar refractivity (Wildman–Crippen MR) is 66.2 cm³/mol. The maximum Gasteiger partial charge on any atom is 0.249 e. The summed E-state index contributed by atoms with van der Waals surface area (Å²) in [4.78, 5) is 10.4. The average molecular weight is 271 g/mol. The van der Waals surface area contributed by atoms with Crippen LogP contribution < -0.4 is 0 Å². The molecule has 1 N–H and O–H groups in total. The summed E-state index contributed by atoms with van der Waals surface area (Å²) in [7, 11) is 0. The molecule has 0 aromatic heterocycles. The van der Waals surface area contributed by atoms with Crippen LogP contribution >= 0.6 is 0 Å². The number of rotatable bonds is 5. The molecule has 0 aliphatic carbocycles. The summed E-state index contributed by atoms with van der Waals surface area (Å²) in [6, 6.07) is 0. The van der Waals surface area contributed by atoms with Crippen LogP contribution in [0.15, 0.2) is 35.4 Å². The Bertz CT molecular complexity index is 438. The molecule has 0 saturated carbocycles. The van der Waals surface area contributed by atoms with Crippen LogP contribution in [0.3, 0.4) is 0 Å². The Labute approximate surface area is 110 Å². The molecular weight excluding hydrogens is 254 g/mol. The zero-order chi connectivity index (χ0) is 14.6. The van der Waals surface area contributed by atoms with Gasteiger partial charge in [-0.2, -0.15) is 0 Å². The Kier molecular flexibility index (Phi) is 5.08. The molecule has 2 unspecified atom stereocenters. The molecule has 1 aliphatic rings. The predicted octanol–water partition coefficient (Wildman–Crippen LogP) is 1.68. The van der Waals surface area contributed by atoms with Crippen molar-refractivity contribution < 1.29 is 24.2 Å². The highest BCUT2D eigenvalue weighted by molar-refractivity contribution is 5.33. The lowest BCUT2D eigenvalue weighted by Gasteiger charge is -2.16. The van der Waals surface area contributed by atoms with E-state index < -0.39 is 17.3 Å². The van der Waals surface area contributed by atoms with Crippen molar-refractivity contribution in [1.82, 2.24) is 0 Å². The minimum absolute atomic E-state index is 0.0289. The molecule has 7 nitrogen and oxygen atoms in total. The first kappa shape index (κ1) is 15.2. The first-order valence-corrected chi connectivity index (χ1v) is 5.68. The Morgan fingerprint density at radius 2 is 2.21 bits per heavy atom. The summed E-state index contributed by atoms with van der Waals surface area (Å²) in [6.07, 6.45) is -0.262. The van der Waals surface area contributed by atoms with Gasteiger partial charge in [-0.25, -0.2) is 0 Å². The molecule has 1 heterocycles. The molecule has 19 heavy (non-hydrogen) atoms. The van der Waals surface area contributed by atoms with Crippen molar-refractivity contribution in [3.63, 3.8) is 0 Å². The number of allylic oxidation sites excluding steroid dienone is 1. The van der Waals surface area contributed by atoms with Gasteiger partial charge in [0.05, 0.1) is 16.6 Å². The lowest BCUT2D eigenvalue weighted by Crippen LogP contribution is -2.20. The van der Waals surface area contributed by atoms with Gasteiger partial charge in [-0.15, -0.1) is 0 Å². The van der Waals surface area contributed by atoms with Crippen molar-refractivity contribution in [3.05, 3.63) is 45.6 Å². The maximum absolute atomic E-state index is 10.9. The third-order valence-electron chi connectivity index (χ3n) is 2.54. The second-order valence-corrected chi connectivity index (χ2v) is 4.01. The Balaban J connectivity index is 3.10. The molecule has 0 bridgehead atoms. The van der Waals surface area contributed by atoms with Gasteiger partial charge in [0, 0.05) is 6.92 Å². The van der Waals surface area contributed by atoms with E-state index in [1.54, 1.807) is 6.92 Å². The fraction of sp³-hybridized carbons (Fsp3) is 0.500. The second-order valence-electron chi connectivity index (χ2n) is 4.01. The number of nitrogens with zero attached hydrogens (tertiary/aromatic N) is 1. The van der Waals surface area contributed by atoms with E-state index in [0.29, 0.717) is 11.5 Å². The lowest BCUT2D eigenvalue weighted by molar-refractivity contribution is -0.426. The van der Waals surface area contributed by atoms with E-state index in [1.165, 1.54) is 19.9 Å². The fourth-order valence-corrected chi connectivity index (χ4v) is 1.57. The van der Waals surface area contributed by atoms with Gasteiger partial charge in [-0.05, 0) is 19.9 Å². The molecule has 1 aliphatic heterocycles. The van der Waals surface area contributed by atoms with Crippen molar-refractivity contribution >= 4 is 0 Å². The Hall–Kier alpha value is -1.86. The molecule has 1 rings (SSSR count). The Morgan fingerprint density at radius 3 is 2.63 bits per heavy atom. The number of aliphatic hydroxyl groups is 1. The molecule has 2 atom stereocenters. The smallest absolute Gasteiger partial charge is 0.249 e. The normalized spacial score (nSPS) is 21.5. The maximum atomic E-state index is 10.9. The fourth-order valence-electron chi connectivity index (χ4n) is 1.57. The van der Waals surface area contributed by atoms with Crippen molar-refractivity contribution in [3.8, 4) is 0 Å². The lowest BCUT2D eigenvalue weighted by atomic mass is 10.1. The number of aliphatic hydroxyl groups excluding tert-OH is 1. The van der Waals surface area contributed by atoms with Gasteiger partial charge in [0.25, 0.3) is 0 Å². The number of hydrogen-bond acceptors (Lipinski definition) is 6. The third-order valence-corrected chi connectivity index (χ3v) is 2.54. The standard InChI is InChI=1S/C12H17NO6/c1-7(13(15)16)11(8(2)19-10(4)14)5-12-9(3)17-6-18-12/h5,8,10,14H,3,6H2,1-2,4H3/b11-7-,12-5+. The highest BCUT2D eigenvalue weighted by Crippen LogP contribution is 2.24. The second kappa shape index (κ2) is 6.35. The van der Waals surface area contributed by atoms with Crippen LogP contribution in [-0.4, -0.2) is 29.2 Å². The van der Waals surface area contributed by atoms with Crippen LogP contribution in [0.5, 0.6) is 0 Å². The highest BCUT2D eigenvalue weighted by atomic mass is 16.7. The molecular formula is C12H17NO6. The van der Waals surface area contributed by atoms with E-state index in [4.69, 9.17) is 14.2 Å². The van der Waals surface area contributed by atoms with Crippen LogP contribution in [-0.2, 0) is 14.2 Å². The molecule has 0 aromatic rings. The first-order chi connectivity index (χ1) is 8.82. The summed E-state index contributed by atoms with van der Waals surface area (Å²) in [5.41, 5.74) is 0.191. The summed E-state index contributed by atoms with van der Waals surface area (Å²) in [6.45, 7) is 8.03. The molecule has 0 spiro atoms. The van der Waals surface area contributed by atoms with Gasteiger partial charge in [-0.3, -0.25) is 10.1 Å². The van der Waals surface area contributed by atoms with Crippen molar-refractivity contribution in [1.29, 1.82) is 0 Å². The zero-order valence-electron chi connectivity index (χ0n) is 11.1. The molecule has 106 valence electrons. The van der Waals surface area contributed by atoms with Crippen LogP contribution in [0.2, 0.25) is 0 Å².